The quantitative estimate of drug-likeness (QED) is 0.0524. The Morgan fingerprint density at radius 2 is 0.742 bits per heavy atom. The number of halogens is 6. The number of likely N-dealkylation sites (N-methyl/N-ethyl adjacent to an activating group) is 4. The standard InChI is InChI=1S/C37H48I6N6O17/c1-46(7-14(55)9-50)34(63)20-22(38)18(24(40)28(26(20)42)48(3)36(65)30(59)16(57)11-52)32(61)44-5-13(54)6-45-33(62)19-23(39)21(35(64)47(2)8-15(56)10-51)27(43)29(25(19)41)49(4)37(66)31(60)17(58)12-53/h13-17,30-31,50-60H,5-12H2,1-4H3,(H,44,61)(H,45,62). The van der Waals surface area contributed by atoms with Crippen molar-refractivity contribution < 1.29 is 84.9 Å². The molecule has 0 bridgehead atoms. The number of nitrogens with one attached hydrogen (secondary N) is 2. The third-order valence-corrected chi connectivity index (χ3v) is 15.8. The first-order valence-corrected chi connectivity index (χ1v) is 25.4. The SMILES string of the molecule is CN(CC(O)CO)C(=O)c1c(I)c(C(=O)NCC(O)CNC(=O)c2c(I)c(C(=O)N(C)CC(O)CO)c(I)c(N(C)C(=O)C(O)C(O)CO)c2I)c(I)c(N(C)C(=O)C(O)C(O)CO)c1I. The fourth-order valence-corrected chi connectivity index (χ4v) is 15.5. The summed E-state index contributed by atoms with van der Waals surface area (Å²) in [6.07, 6.45) is -12.2. The maximum absolute atomic E-state index is 14.0. The topological polar surface area (TPSA) is 362 Å². The summed E-state index contributed by atoms with van der Waals surface area (Å²) in [6, 6.07) is 0. The van der Waals surface area contributed by atoms with E-state index in [1.54, 1.807) is 136 Å². The van der Waals surface area contributed by atoms with Gasteiger partial charge < -0.3 is 86.4 Å². The van der Waals surface area contributed by atoms with Crippen LogP contribution in [0.15, 0.2) is 0 Å². The van der Waals surface area contributed by atoms with Crippen LogP contribution in [0.5, 0.6) is 0 Å². The van der Waals surface area contributed by atoms with E-state index in [-0.39, 0.29) is 68.1 Å². The van der Waals surface area contributed by atoms with E-state index in [9.17, 15) is 84.9 Å². The summed E-state index contributed by atoms with van der Waals surface area (Å²) in [7, 11) is 5.03. The minimum atomic E-state index is -2.12. The number of amides is 6. The zero-order chi connectivity index (χ0) is 50.8. The second kappa shape index (κ2) is 27.7. The predicted octanol–water partition coefficient (Wildman–Crippen LogP) is -2.96. The highest BCUT2D eigenvalue weighted by atomic mass is 127. The van der Waals surface area contributed by atoms with Crippen LogP contribution in [-0.4, -0.2) is 225 Å². The molecule has 0 aromatic heterocycles. The summed E-state index contributed by atoms with van der Waals surface area (Å²) in [6.45, 7) is -5.04. The van der Waals surface area contributed by atoms with Crippen LogP contribution in [0.2, 0.25) is 0 Å². The first-order valence-electron chi connectivity index (χ1n) is 18.9. The predicted molar refractivity (Wildman–Crippen MR) is 285 cm³/mol. The first-order chi connectivity index (χ1) is 30.7. The van der Waals surface area contributed by atoms with Crippen LogP contribution in [0.3, 0.4) is 0 Å². The average molecular weight is 1610 g/mol. The van der Waals surface area contributed by atoms with E-state index in [0.717, 1.165) is 19.6 Å². The van der Waals surface area contributed by atoms with E-state index in [1.165, 1.54) is 28.2 Å². The zero-order valence-electron chi connectivity index (χ0n) is 35.1. The Kier molecular flexibility index (Phi) is 25.7. The number of hydrogen-bond donors (Lipinski definition) is 13. The van der Waals surface area contributed by atoms with Crippen molar-refractivity contribution in [2.75, 3.05) is 90.6 Å². The van der Waals surface area contributed by atoms with Crippen molar-refractivity contribution in [1.29, 1.82) is 0 Å². The third-order valence-electron chi connectivity index (χ3n) is 9.49. The molecule has 2 aromatic carbocycles. The van der Waals surface area contributed by atoms with E-state index < -0.39 is 118 Å². The number of hydrogen-bond acceptors (Lipinski definition) is 17. The van der Waals surface area contributed by atoms with E-state index >= 15 is 0 Å². The van der Waals surface area contributed by atoms with Gasteiger partial charge in [-0.25, -0.2) is 0 Å². The van der Waals surface area contributed by atoms with Gasteiger partial charge in [0.25, 0.3) is 35.4 Å². The van der Waals surface area contributed by atoms with E-state index in [2.05, 4.69) is 10.6 Å². The molecule has 29 heteroatoms. The van der Waals surface area contributed by atoms with Crippen molar-refractivity contribution in [1.82, 2.24) is 20.4 Å². The van der Waals surface area contributed by atoms with Crippen molar-refractivity contribution in [3.8, 4) is 0 Å². The van der Waals surface area contributed by atoms with Crippen LogP contribution in [0.1, 0.15) is 41.4 Å². The van der Waals surface area contributed by atoms with Gasteiger partial charge in [-0.05, 0) is 136 Å². The Balaban J connectivity index is 2.61. The van der Waals surface area contributed by atoms with E-state index in [1.807, 2.05) is 0 Å². The van der Waals surface area contributed by atoms with Crippen LogP contribution in [-0.2, 0) is 9.59 Å². The highest BCUT2D eigenvalue weighted by molar-refractivity contribution is 14.1. The molecule has 23 nitrogen and oxygen atoms in total. The molecule has 0 aliphatic carbocycles. The molecule has 0 saturated heterocycles. The monoisotopic (exact) mass is 1610 g/mol. The number of rotatable bonds is 22. The van der Waals surface area contributed by atoms with Gasteiger partial charge in [-0.1, -0.05) is 0 Å². The molecule has 13 N–H and O–H groups in total. The number of benzene rings is 2. The largest absolute Gasteiger partial charge is 0.394 e. The maximum Gasteiger partial charge on any atom is 0.258 e. The molecular formula is C37H48I6N6O17. The third kappa shape index (κ3) is 14.6. The summed E-state index contributed by atoms with van der Waals surface area (Å²) in [4.78, 5) is 86.2. The lowest BCUT2D eigenvalue weighted by Crippen LogP contribution is -2.46. The summed E-state index contributed by atoms with van der Waals surface area (Å²) < 4.78 is 0.462. The fraction of sp³-hybridized carbons (Fsp3) is 0.514. The molecular weight excluding hydrogens is 1560 g/mol. The van der Waals surface area contributed by atoms with Gasteiger partial charge in [0.2, 0.25) is 0 Å². The van der Waals surface area contributed by atoms with Gasteiger partial charge in [0.05, 0.1) is 92.6 Å². The van der Waals surface area contributed by atoms with Gasteiger partial charge in [0, 0.05) is 61.5 Å². The lowest BCUT2D eigenvalue weighted by Gasteiger charge is -2.29. The fourth-order valence-electron chi connectivity index (χ4n) is 5.78. The van der Waals surface area contributed by atoms with Gasteiger partial charge in [0.15, 0.2) is 12.2 Å². The molecule has 66 heavy (non-hydrogen) atoms. The van der Waals surface area contributed by atoms with Gasteiger partial charge in [-0.15, -0.1) is 0 Å². The Morgan fingerprint density at radius 1 is 0.455 bits per heavy atom. The molecule has 0 heterocycles. The van der Waals surface area contributed by atoms with Crippen molar-refractivity contribution >= 4 is 182 Å². The van der Waals surface area contributed by atoms with Gasteiger partial charge in [0.1, 0.15) is 12.2 Å². The lowest BCUT2D eigenvalue weighted by atomic mass is 10.0. The number of nitrogens with zero attached hydrogens (tertiary/aromatic N) is 4. The number of aliphatic hydroxyl groups excluding tert-OH is 11. The Labute approximate surface area is 459 Å². The average Bonchev–Trinajstić information content (AvgIpc) is 3.27. The minimum absolute atomic E-state index is 0.0555. The lowest BCUT2D eigenvalue weighted by molar-refractivity contribution is -0.134. The van der Waals surface area contributed by atoms with Crippen LogP contribution < -0.4 is 20.4 Å². The molecule has 6 unspecified atom stereocenters. The summed E-state index contributed by atoms with van der Waals surface area (Å²) in [5, 5.41) is 114. The summed E-state index contributed by atoms with van der Waals surface area (Å²) in [5.74, 6) is -5.50. The van der Waals surface area contributed by atoms with Crippen LogP contribution >= 0.6 is 136 Å². The smallest absolute Gasteiger partial charge is 0.258 e. The summed E-state index contributed by atoms with van der Waals surface area (Å²) in [5.41, 5.74) is -0.753. The molecule has 0 aliphatic heterocycles. The zero-order valence-corrected chi connectivity index (χ0v) is 48.1. The molecule has 6 amide bonds. The molecule has 6 atom stereocenters. The second-order valence-electron chi connectivity index (χ2n) is 14.4. The Bertz CT molecular complexity index is 2000. The van der Waals surface area contributed by atoms with Gasteiger partial charge in [-0.3, -0.25) is 28.8 Å². The Morgan fingerprint density at radius 3 is 1.02 bits per heavy atom. The molecule has 0 fully saturated rings. The van der Waals surface area contributed by atoms with Crippen molar-refractivity contribution in [3.63, 3.8) is 0 Å². The minimum Gasteiger partial charge on any atom is -0.394 e. The van der Waals surface area contributed by atoms with Crippen LogP contribution in [0.25, 0.3) is 0 Å². The van der Waals surface area contributed by atoms with E-state index in [4.69, 9.17) is 0 Å². The van der Waals surface area contributed by atoms with Crippen molar-refractivity contribution in [3.05, 3.63) is 43.7 Å². The van der Waals surface area contributed by atoms with E-state index in [0.29, 0.717) is 0 Å². The number of carbonyl (C=O) groups excluding carboxylic acids is 6. The number of anilines is 2. The van der Waals surface area contributed by atoms with Crippen LogP contribution in [0, 0.1) is 21.4 Å². The molecule has 0 saturated carbocycles. The molecule has 2 aromatic rings. The first kappa shape index (κ1) is 61.3. The molecule has 370 valence electrons. The highest BCUT2D eigenvalue weighted by Crippen LogP contribution is 2.40. The normalized spacial score (nSPS) is 14.6. The summed E-state index contributed by atoms with van der Waals surface area (Å²) >= 11 is 10.4. The second-order valence-corrected chi connectivity index (χ2v) is 20.9. The highest BCUT2D eigenvalue weighted by Gasteiger charge is 2.37. The number of carbonyl (C=O) groups is 6. The number of aliphatic hydroxyl groups is 11. The molecule has 0 spiro atoms. The van der Waals surface area contributed by atoms with Crippen LogP contribution in [0.4, 0.5) is 11.4 Å². The van der Waals surface area contributed by atoms with Crippen molar-refractivity contribution in [2.24, 2.45) is 0 Å². The maximum atomic E-state index is 14.0. The molecule has 0 radical (unpaired) electrons. The molecule has 2 rings (SSSR count). The van der Waals surface area contributed by atoms with Gasteiger partial charge >= 0.3 is 0 Å². The molecule has 0 aliphatic rings. The van der Waals surface area contributed by atoms with Crippen molar-refractivity contribution in [2.45, 2.75) is 42.7 Å². The van der Waals surface area contributed by atoms with Gasteiger partial charge in [-0.2, -0.15) is 0 Å². The Hall–Kier alpha value is -0.800.